The van der Waals surface area contributed by atoms with Crippen LogP contribution in [0.15, 0.2) is 18.2 Å². The molecule has 4 heteroatoms. The molecule has 1 aromatic carbocycles. The Balaban J connectivity index is 1.90. The summed E-state index contributed by atoms with van der Waals surface area (Å²) in [5, 5.41) is 9.26. The summed E-state index contributed by atoms with van der Waals surface area (Å²) in [6.07, 6.45) is 2.36. The average molecular weight is 273 g/mol. The van der Waals surface area contributed by atoms with E-state index in [2.05, 4.69) is 0 Å². The van der Waals surface area contributed by atoms with Gasteiger partial charge in [-0.2, -0.15) is 0 Å². The molecule has 1 N–H and O–H groups in total. The van der Waals surface area contributed by atoms with Crippen molar-refractivity contribution in [2.24, 2.45) is 5.92 Å². The molecule has 2 bridgehead atoms. The van der Waals surface area contributed by atoms with Gasteiger partial charge in [-0.25, -0.2) is 0 Å². The molecule has 0 aromatic heterocycles. The zero-order valence-electron chi connectivity index (χ0n) is 11.8. The van der Waals surface area contributed by atoms with Gasteiger partial charge in [-0.15, -0.1) is 0 Å². The van der Waals surface area contributed by atoms with Crippen molar-refractivity contribution in [3.63, 3.8) is 0 Å². The second-order valence-corrected chi connectivity index (χ2v) is 6.07. The molecule has 2 saturated heterocycles. The predicted molar refractivity (Wildman–Crippen MR) is 74.6 cm³/mol. The fraction of sp³-hybridized carbons (Fsp3) is 0.500. The molecule has 2 heterocycles. The first-order valence-electron chi connectivity index (χ1n) is 7.11. The van der Waals surface area contributed by atoms with Crippen molar-refractivity contribution in [2.45, 2.75) is 45.2 Å². The van der Waals surface area contributed by atoms with Crippen molar-refractivity contribution < 1.29 is 14.7 Å². The van der Waals surface area contributed by atoms with Crippen LogP contribution in [0.3, 0.4) is 0 Å². The molecule has 0 aliphatic carbocycles. The van der Waals surface area contributed by atoms with Gasteiger partial charge in [0.2, 0.25) is 0 Å². The molecule has 0 radical (unpaired) electrons. The largest absolute Gasteiger partial charge is 0.481 e. The summed E-state index contributed by atoms with van der Waals surface area (Å²) in [5.41, 5.74) is 2.81. The van der Waals surface area contributed by atoms with Gasteiger partial charge in [-0.1, -0.05) is 17.2 Å². The number of hydrogen-bond donors (Lipinski definition) is 1. The Hall–Kier alpha value is -1.84. The lowest BCUT2D eigenvalue weighted by Gasteiger charge is -2.23. The highest BCUT2D eigenvalue weighted by Gasteiger charge is 2.51. The van der Waals surface area contributed by atoms with E-state index in [9.17, 15) is 14.7 Å². The van der Waals surface area contributed by atoms with Crippen LogP contribution in [0, 0.1) is 19.8 Å². The predicted octanol–water partition coefficient (Wildman–Crippen LogP) is 2.38. The zero-order valence-corrected chi connectivity index (χ0v) is 11.8. The van der Waals surface area contributed by atoms with Crippen LogP contribution in [-0.4, -0.2) is 34.0 Å². The first-order chi connectivity index (χ1) is 9.47. The average Bonchev–Trinajstić information content (AvgIpc) is 2.94. The van der Waals surface area contributed by atoms with Gasteiger partial charge in [0.25, 0.3) is 5.91 Å². The van der Waals surface area contributed by atoms with Gasteiger partial charge in [0, 0.05) is 17.6 Å². The maximum Gasteiger partial charge on any atom is 0.308 e. The van der Waals surface area contributed by atoms with Gasteiger partial charge < -0.3 is 10.0 Å². The molecule has 106 valence electrons. The van der Waals surface area contributed by atoms with E-state index in [4.69, 9.17) is 0 Å². The number of nitrogens with zero attached hydrogens (tertiary/aromatic N) is 1. The number of benzene rings is 1. The maximum absolute atomic E-state index is 12.7. The third-order valence-corrected chi connectivity index (χ3v) is 4.56. The van der Waals surface area contributed by atoms with E-state index in [1.165, 1.54) is 0 Å². The third kappa shape index (κ3) is 1.99. The fourth-order valence-corrected chi connectivity index (χ4v) is 3.82. The van der Waals surface area contributed by atoms with E-state index in [-0.39, 0.29) is 23.9 Å². The fourth-order valence-electron chi connectivity index (χ4n) is 3.82. The number of aliphatic carboxylic acids is 1. The summed E-state index contributed by atoms with van der Waals surface area (Å²) in [6, 6.07) is 5.81. The highest BCUT2D eigenvalue weighted by Crippen LogP contribution is 2.42. The molecule has 2 aliphatic heterocycles. The Morgan fingerprint density at radius 3 is 2.35 bits per heavy atom. The molecule has 4 nitrogen and oxygen atoms in total. The van der Waals surface area contributed by atoms with Crippen LogP contribution in [0.2, 0.25) is 0 Å². The van der Waals surface area contributed by atoms with Gasteiger partial charge in [-0.3, -0.25) is 9.59 Å². The molecule has 3 rings (SSSR count). The van der Waals surface area contributed by atoms with Crippen LogP contribution in [-0.2, 0) is 4.79 Å². The third-order valence-electron chi connectivity index (χ3n) is 4.56. The molecular formula is C16H19NO3. The van der Waals surface area contributed by atoms with Gasteiger partial charge in [0.05, 0.1) is 5.92 Å². The van der Waals surface area contributed by atoms with Crippen molar-refractivity contribution in [3.8, 4) is 0 Å². The van der Waals surface area contributed by atoms with E-state index >= 15 is 0 Å². The van der Waals surface area contributed by atoms with Gasteiger partial charge >= 0.3 is 5.97 Å². The monoisotopic (exact) mass is 273 g/mol. The van der Waals surface area contributed by atoms with Crippen molar-refractivity contribution in [2.75, 3.05) is 0 Å². The minimum Gasteiger partial charge on any atom is -0.481 e. The number of rotatable bonds is 2. The van der Waals surface area contributed by atoms with Crippen LogP contribution in [0.25, 0.3) is 0 Å². The highest BCUT2D eigenvalue weighted by atomic mass is 16.4. The molecule has 0 saturated carbocycles. The number of hydrogen-bond acceptors (Lipinski definition) is 2. The van der Waals surface area contributed by atoms with E-state index < -0.39 is 5.97 Å². The number of carbonyl (C=O) groups excluding carboxylic acids is 1. The van der Waals surface area contributed by atoms with Crippen LogP contribution >= 0.6 is 0 Å². The normalized spacial score (nSPS) is 27.9. The second kappa shape index (κ2) is 4.62. The van der Waals surface area contributed by atoms with Gasteiger partial charge in [0.15, 0.2) is 0 Å². The Labute approximate surface area is 118 Å². The molecule has 20 heavy (non-hydrogen) atoms. The Morgan fingerprint density at radius 1 is 1.15 bits per heavy atom. The van der Waals surface area contributed by atoms with Crippen LogP contribution in [0.1, 0.15) is 40.7 Å². The SMILES string of the molecule is Cc1cc(C)cc(C(=O)N2C3CCC2C(C(=O)O)C3)c1. The molecule has 2 aliphatic rings. The minimum atomic E-state index is -0.768. The summed E-state index contributed by atoms with van der Waals surface area (Å²) in [4.78, 5) is 25.8. The molecule has 0 spiro atoms. The lowest BCUT2D eigenvalue weighted by atomic mass is 9.89. The molecule has 1 aromatic rings. The van der Waals surface area contributed by atoms with Gasteiger partial charge in [0.1, 0.15) is 0 Å². The van der Waals surface area contributed by atoms with Crippen molar-refractivity contribution in [1.29, 1.82) is 0 Å². The number of aryl methyl sites for hydroxylation is 2. The van der Waals surface area contributed by atoms with E-state index in [0.717, 1.165) is 24.0 Å². The second-order valence-electron chi connectivity index (χ2n) is 6.07. The first kappa shape index (κ1) is 13.2. The van der Waals surface area contributed by atoms with E-state index in [1.54, 1.807) is 0 Å². The number of fused-ring (bicyclic) bond motifs is 2. The molecule has 3 unspecified atom stereocenters. The highest BCUT2D eigenvalue weighted by molar-refractivity contribution is 5.96. The lowest BCUT2D eigenvalue weighted by molar-refractivity contribution is -0.142. The maximum atomic E-state index is 12.7. The van der Waals surface area contributed by atoms with Crippen molar-refractivity contribution in [3.05, 3.63) is 34.9 Å². The van der Waals surface area contributed by atoms with Crippen LogP contribution in [0.4, 0.5) is 0 Å². The lowest BCUT2D eigenvalue weighted by Crippen LogP contribution is -2.37. The number of carboxylic acid groups (broad SMARTS) is 1. The molecular weight excluding hydrogens is 254 g/mol. The van der Waals surface area contributed by atoms with Gasteiger partial charge in [-0.05, 0) is 45.2 Å². The Kier molecular flexibility index (Phi) is 3.04. The van der Waals surface area contributed by atoms with Crippen LogP contribution < -0.4 is 0 Å². The topological polar surface area (TPSA) is 57.6 Å². The van der Waals surface area contributed by atoms with Crippen molar-refractivity contribution >= 4 is 11.9 Å². The minimum absolute atomic E-state index is 0.00644. The Bertz CT molecular complexity index is 561. The van der Waals surface area contributed by atoms with Crippen molar-refractivity contribution in [1.82, 2.24) is 4.90 Å². The van der Waals surface area contributed by atoms with E-state index in [1.807, 2.05) is 36.9 Å². The van der Waals surface area contributed by atoms with Crippen LogP contribution in [0.5, 0.6) is 0 Å². The Morgan fingerprint density at radius 2 is 1.80 bits per heavy atom. The summed E-state index contributed by atoms with van der Waals surface area (Å²) in [5.74, 6) is -1.16. The standard InChI is InChI=1S/C16H19NO3/c1-9-5-10(2)7-11(6-9)15(18)17-12-3-4-14(17)13(8-12)16(19)20/h5-7,12-14H,3-4,8H2,1-2H3,(H,19,20). The molecule has 1 amide bonds. The number of carbonyl (C=O) groups is 2. The molecule has 3 atom stereocenters. The quantitative estimate of drug-likeness (QED) is 0.900. The number of carboxylic acids is 1. The summed E-state index contributed by atoms with van der Waals surface area (Å²) >= 11 is 0. The number of amides is 1. The molecule has 2 fully saturated rings. The summed E-state index contributed by atoms with van der Waals surface area (Å²) in [6.45, 7) is 3.95. The summed E-state index contributed by atoms with van der Waals surface area (Å²) < 4.78 is 0. The van der Waals surface area contributed by atoms with E-state index in [0.29, 0.717) is 12.0 Å². The zero-order chi connectivity index (χ0) is 14.4. The first-order valence-corrected chi connectivity index (χ1v) is 7.11. The summed E-state index contributed by atoms with van der Waals surface area (Å²) in [7, 11) is 0. The smallest absolute Gasteiger partial charge is 0.308 e.